The summed E-state index contributed by atoms with van der Waals surface area (Å²) < 4.78 is 0. The van der Waals surface area contributed by atoms with Crippen molar-refractivity contribution in [2.75, 3.05) is 26.2 Å². The lowest BCUT2D eigenvalue weighted by Crippen LogP contribution is -2.38. The van der Waals surface area contributed by atoms with Crippen molar-refractivity contribution in [1.82, 2.24) is 25.0 Å². The summed E-state index contributed by atoms with van der Waals surface area (Å²) in [6.45, 7) is 3.74. The number of rotatable bonds is 5. The summed E-state index contributed by atoms with van der Waals surface area (Å²) in [4.78, 5) is 45.0. The topological polar surface area (TPSA) is 99.3 Å². The summed E-state index contributed by atoms with van der Waals surface area (Å²) in [6.07, 6.45) is 4.09. The van der Waals surface area contributed by atoms with Crippen molar-refractivity contribution in [2.45, 2.75) is 13.3 Å². The SMILES string of the molecule is CCN1CCN(C(=O)c2ccc(=O)[nH]n2)C[C@H](Cc2ccc(-c3cccnc3)cc2)C1=O. The van der Waals surface area contributed by atoms with Crippen molar-refractivity contribution in [3.8, 4) is 11.1 Å². The molecule has 0 spiro atoms. The fourth-order valence-electron chi connectivity index (χ4n) is 3.97. The predicted octanol–water partition coefficient (Wildman–Crippen LogP) is 2.00. The third kappa shape index (κ3) is 4.74. The quantitative estimate of drug-likeness (QED) is 0.666. The minimum absolute atomic E-state index is 0.0496. The van der Waals surface area contributed by atoms with Crippen molar-refractivity contribution in [1.29, 1.82) is 0 Å². The number of H-pyrrole nitrogens is 1. The van der Waals surface area contributed by atoms with Gasteiger partial charge in [-0.2, -0.15) is 5.10 Å². The van der Waals surface area contributed by atoms with Crippen LogP contribution in [0.25, 0.3) is 11.1 Å². The molecule has 1 fully saturated rings. The molecule has 0 unspecified atom stereocenters. The average molecular weight is 431 g/mol. The second kappa shape index (κ2) is 9.55. The second-order valence-corrected chi connectivity index (χ2v) is 7.82. The normalized spacial score (nSPS) is 16.7. The zero-order valence-corrected chi connectivity index (χ0v) is 17.9. The number of aromatic amines is 1. The molecule has 1 aliphatic heterocycles. The number of nitrogens with one attached hydrogen (secondary N) is 1. The number of carbonyl (C=O) groups excluding carboxylic acids is 2. The highest BCUT2D eigenvalue weighted by molar-refractivity contribution is 5.93. The highest BCUT2D eigenvalue weighted by Crippen LogP contribution is 2.22. The molecule has 3 heterocycles. The Bertz CT molecular complexity index is 1120. The third-order valence-electron chi connectivity index (χ3n) is 5.74. The largest absolute Gasteiger partial charge is 0.341 e. The van der Waals surface area contributed by atoms with Crippen molar-refractivity contribution >= 4 is 11.8 Å². The fraction of sp³-hybridized carbons (Fsp3) is 0.292. The number of aromatic nitrogens is 3. The maximum absolute atomic E-state index is 13.1. The van der Waals surface area contributed by atoms with Gasteiger partial charge in [0, 0.05) is 44.6 Å². The molecule has 3 aromatic rings. The number of nitrogens with zero attached hydrogens (tertiary/aromatic N) is 4. The van der Waals surface area contributed by atoms with Gasteiger partial charge in [0.15, 0.2) is 0 Å². The van der Waals surface area contributed by atoms with E-state index < -0.39 is 0 Å². The standard InChI is InChI=1S/C24H25N5O3/c1-2-28-12-13-29(24(32)21-9-10-22(30)27-26-21)16-20(23(28)31)14-17-5-7-18(8-6-17)19-4-3-11-25-15-19/h3-11,15,20H,2,12-14,16H2,1H3,(H,27,30)/t20-/m0/s1. The summed E-state index contributed by atoms with van der Waals surface area (Å²) in [5, 5.41) is 6.16. The van der Waals surface area contributed by atoms with E-state index >= 15 is 0 Å². The van der Waals surface area contributed by atoms with E-state index in [1.54, 1.807) is 16.0 Å². The molecule has 8 nitrogen and oxygen atoms in total. The molecule has 1 saturated heterocycles. The second-order valence-electron chi connectivity index (χ2n) is 7.82. The van der Waals surface area contributed by atoms with Gasteiger partial charge in [-0.15, -0.1) is 0 Å². The number of pyridine rings is 1. The molecular weight excluding hydrogens is 406 g/mol. The molecular formula is C24H25N5O3. The Morgan fingerprint density at radius 2 is 1.88 bits per heavy atom. The third-order valence-corrected chi connectivity index (χ3v) is 5.74. The number of carbonyl (C=O) groups is 2. The van der Waals surface area contributed by atoms with Gasteiger partial charge in [0.25, 0.3) is 11.5 Å². The minimum Gasteiger partial charge on any atom is -0.341 e. The predicted molar refractivity (Wildman–Crippen MR) is 120 cm³/mol. The zero-order chi connectivity index (χ0) is 22.5. The van der Waals surface area contributed by atoms with Gasteiger partial charge >= 0.3 is 0 Å². The monoisotopic (exact) mass is 431 g/mol. The van der Waals surface area contributed by atoms with Crippen LogP contribution >= 0.6 is 0 Å². The summed E-state index contributed by atoms with van der Waals surface area (Å²) >= 11 is 0. The van der Waals surface area contributed by atoms with E-state index in [1.807, 2.05) is 49.5 Å². The van der Waals surface area contributed by atoms with Crippen LogP contribution in [0.1, 0.15) is 23.0 Å². The minimum atomic E-state index is -0.364. The van der Waals surface area contributed by atoms with Crippen molar-refractivity contribution in [3.05, 3.63) is 82.5 Å². The van der Waals surface area contributed by atoms with Gasteiger partial charge in [0.2, 0.25) is 5.91 Å². The highest BCUT2D eigenvalue weighted by atomic mass is 16.2. The van der Waals surface area contributed by atoms with Crippen LogP contribution < -0.4 is 5.56 Å². The maximum atomic E-state index is 13.1. The van der Waals surface area contributed by atoms with Gasteiger partial charge < -0.3 is 9.80 Å². The Hall–Kier alpha value is -3.81. The molecule has 164 valence electrons. The van der Waals surface area contributed by atoms with Crippen molar-refractivity contribution in [3.63, 3.8) is 0 Å². The van der Waals surface area contributed by atoms with Gasteiger partial charge in [0.1, 0.15) is 5.69 Å². The fourth-order valence-corrected chi connectivity index (χ4v) is 3.97. The Balaban J connectivity index is 1.53. The average Bonchev–Trinajstić information content (AvgIpc) is 2.99. The smallest absolute Gasteiger partial charge is 0.274 e. The van der Waals surface area contributed by atoms with E-state index in [0.717, 1.165) is 16.7 Å². The molecule has 2 aromatic heterocycles. The Labute approximate surface area is 185 Å². The molecule has 4 rings (SSSR count). The first kappa shape index (κ1) is 21.4. The van der Waals surface area contributed by atoms with E-state index in [9.17, 15) is 14.4 Å². The van der Waals surface area contributed by atoms with Crippen LogP contribution in [0.2, 0.25) is 0 Å². The molecule has 8 heteroatoms. The molecule has 1 N–H and O–H groups in total. The zero-order valence-electron chi connectivity index (χ0n) is 17.9. The highest BCUT2D eigenvalue weighted by Gasteiger charge is 2.32. The molecule has 32 heavy (non-hydrogen) atoms. The summed E-state index contributed by atoms with van der Waals surface area (Å²) in [5.41, 5.74) is 2.93. The summed E-state index contributed by atoms with van der Waals surface area (Å²) in [7, 11) is 0. The van der Waals surface area contributed by atoms with Gasteiger partial charge in [-0.3, -0.25) is 19.4 Å². The van der Waals surface area contributed by atoms with Crippen LogP contribution in [-0.2, 0) is 11.2 Å². The van der Waals surface area contributed by atoms with Gasteiger partial charge in [-0.1, -0.05) is 30.3 Å². The molecule has 1 aromatic carbocycles. The first-order valence-corrected chi connectivity index (χ1v) is 10.7. The van der Waals surface area contributed by atoms with Gasteiger partial charge in [-0.05, 0) is 42.2 Å². The van der Waals surface area contributed by atoms with Crippen LogP contribution in [-0.4, -0.2) is 63.0 Å². The van der Waals surface area contributed by atoms with E-state index in [1.165, 1.54) is 12.1 Å². The van der Waals surface area contributed by atoms with Crippen LogP contribution in [0, 0.1) is 5.92 Å². The number of benzene rings is 1. The van der Waals surface area contributed by atoms with E-state index in [4.69, 9.17) is 0 Å². The molecule has 1 aliphatic rings. The Morgan fingerprint density at radius 3 is 2.53 bits per heavy atom. The molecule has 0 saturated carbocycles. The lowest BCUT2D eigenvalue weighted by Gasteiger charge is -2.23. The lowest BCUT2D eigenvalue weighted by atomic mass is 9.96. The van der Waals surface area contributed by atoms with Crippen molar-refractivity contribution < 1.29 is 9.59 Å². The van der Waals surface area contributed by atoms with E-state index in [-0.39, 0.29) is 29.0 Å². The van der Waals surface area contributed by atoms with Crippen molar-refractivity contribution in [2.24, 2.45) is 5.92 Å². The van der Waals surface area contributed by atoms with Crippen LogP contribution in [0.3, 0.4) is 0 Å². The maximum Gasteiger partial charge on any atom is 0.274 e. The first-order valence-electron chi connectivity index (χ1n) is 10.7. The Morgan fingerprint density at radius 1 is 1.06 bits per heavy atom. The van der Waals surface area contributed by atoms with E-state index in [0.29, 0.717) is 32.6 Å². The van der Waals surface area contributed by atoms with Crippen LogP contribution in [0.5, 0.6) is 0 Å². The molecule has 0 radical (unpaired) electrons. The van der Waals surface area contributed by atoms with Crippen LogP contribution in [0.4, 0.5) is 0 Å². The molecule has 2 amide bonds. The van der Waals surface area contributed by atoms with Gasteiger partial charge in [-0.25, -0.2) is 5.10 Å². The molecule has 0 bridgehead atoms. The number of amides is 2. The number of hydrogen-bond acceptors (Lipinski definition) is 5. The van der Waals surface area contributed by atoms with Gasteiger partial charge in [0.05, 0.1) is 5.92 Å². The number of likely N-dealkylation sites (N-methyl/N-ethyl adjacent to an activating group) is 1. The first-order chi connectivity index (χ1) is 15.5. The summed E-state index contributed by atoms with van der Waals surface area (Å²) in [6, 6.07) is 14.7. The lowest BCUT2D eigenvalue weighted by molar-refractivity contribution is -0.134. The Kier molecular flexibility index (Phi) is 6.39. The summed E-state index contributed by atoms with van der Waals surface area (Å²) in [5.74, 6) is -0.592. The van der Waals surface area contributed by atoms with E-state index in [2.05, 4.69) is 15.2 Å². The molecule has 0 aliphatic carbocycles. The number of hydrogen-bond donors (Lipinski definition) is 1. The van der Waals surface area contributed by atoms with Crippen LogP contribution in [0.15, 0.2) is 65.7 Å². The molecule has 1 atom stereocenters.